The predicted octanol–water partition coefficient (Wildman–Crippen LogP) is 1.90. The zero-order chi connectivity index (χ0) is 11.4. The van der Waals surface area contributed by atoms with E-state index in [0.717, 1.165) is 18.0 Å². The van der Waals surface area contributed by atoms with Gasteiger partial charge in [-0.2, -0.15) is 0 Å². The van der Waals surface area contributed by atoms with Crippen LogP contribution in [0.2, 0.25) is 0 Å². The fourth-order valence-corrected chi connectivity index (χ4v) is 2.97. The van der Waals surface area contributed by atoms with Gasteiger partial charge in [0.15, 0.2) is 0 Å². The summed E-state index contributed by atoms with van der Waals surface area (Å²) in [7, 11) is 0. The zero-order valence-electron chi connectivity index (χ0n) is 9.70. The van der Waals surface area contributed by atoms with E-state index < -0.39 is 0 Å². The van der Waals surface area contributed by atoms with Crippen LogP contribution in [0.4, 0.5) is 0 Å². The molecule has 1 aliphatic heterocycles. The van der Waals surface area contributed by atoms with Crippen molar-refractivity contribution in [2.45, 2.75) is 19.9 Å². The minimum absolute atomic E-state index is 0.441. The Balaban J connectivity index is 2.01. The van der Waals surface area contributed by atoms with E-state index in [1.807, 2.05) is 0 Å². The van der Waals surface area contributed by atoms with Gasteiger partial charge in [0.1, 0.15) is 0 Å². The highest BCUT2D eigenvalue weighted by atomic mass is 32.1. The van der Waals surface area contributed by atoms with Gasteiger partial charge in [0.05, 0.1) is 6.54 Å². The lowest BCUT2D eigenvalue weighted by Gasteiger charge is -2.14. The molecule has 1 aromatic rings. The molecule has 0 radical (unpaired) electrons. The Kier molecular flexibility index (Phi) is 4.00. The first-order valence-electron chi connectivity index (χ1n) is 5.77. The number of nitrogens with two attached hydrogens (primary N) is 1. The van der Waals surface area contributed by atoms with Gasteiger partial charge < -0.3 is 5.73 Å². The van der Waals surface area contributed by atoms with Crippen molar-refractivity contribution < 1.29 is 0 Å². The fraction of sp³-hybridized carbons (Fsp3) is 0.538. The first-order valence-corrected chi connectivity index (χ1v) is 6.65. The average Bonchev–Trinajstić information content (AvgIpc) is 2.86. The van der Waals surface area contributed by atoms with Gasteiger partial charge in [-0.1, -0.05) is 18.8 Å². The fourth-order valence-electron chi connectivity index (χ4n) is 2.09. The molecule has 2 rings (SSSR count). The Morgan fingerprint density at radius 1 is 1.62 bits per heavy atom. The second-order valence-electron chi connectivity index (χ2n) is 4.39. The maximum absolute atomic E-state index is 5.40. The van der Waals surface area contributed by atoms with Crippen molar-refractivity contribution in [1.29, 1.82) is 0 Å². The van der Waals surface area contributed by atoms with Gasteiger partial charge in [-0.05, 0) is 30.3 Å². The molecule has 1 atom stereocenters. The van der Waals surface area contributed by atoms with Crippen LogP contribution in [-0.4, -0.2) is 24.5 Å². The van der Waals surface area contributed by atoms with E-state index in [0.29, 0.717) is 6.54 Å². The summed E-state index contributed by atoms with van der Waals surface area (Å²) in [6.07, 6.45) is 1.33. The number of thiophene rings is 1. The Bertz CT molecular complexity index is 400. The van der Waals surface area contributed by atoms with Crippen molar-refractivity contribution in [3.63, 3.8) is 0 Å². The molecule has 2 N–H and O–H groups in total. The Morgan fingerprint density at radius 2 is 2.50 bits per heavy atom. The van der Waals surface area contributed by atoms with Gasteiger partial charge in [-0.25, -0.2) is 0 Å². The first-order chi connectivity index (χ1) is 7.79. The smallest absolute Gasteiger partial charge is 0.0555 e. The quantitative estimate of drug-likeness (QED) is 0.792. The topological polar surface area (TPSA) is 29.3 Å². The van der Waals surface area contributed by atoms with Crippen molar-refractivity contribution in [2.24, 2.45) is 11.7 Å². The lowest BCUT2D eigenvalue weighted by molar-refractivity contribution is 0.323. The summed E-state index contributed by atoms with van der Waals surface area (Å²) < 4.78 is 0. The highest BCUT2D eigenvalue weighted by molar-refractivity contribution is 7.10. The van der Waals surface area contributed by atoms with Gasteiger partial charge in [0, 0.05) is 23.5 Å². The molecule has 1 aliphatic rings. The third kappa shape index (κ3) is 2.85. The summed E-state index contributed by atoms with van der Waals surface area (Å²) >= 11 is 1.80. The molecule has 16 heavy (non-hydrogen) atoms. The monoisotopic (exact) mass is 234 g/mol. The summed E-state index contributed by atoms with van der Waals surface area (Å²) in [6.45, 7) is 6.26. The molecule has 2 heterocycles. The summed E-state index contributed by atoms with van der Waals surface area (Å²) in [5.41, 5.74) is 6.56. The molecule has 2 nitrogen and oxygen atoms in total. The standard InChI is InChI=1S/C13H18N2S/c1-11-4-7-15(9-11)10-13-12(3-2-6-14)5-8-16-13/h5,8,11H,4,6-7,9-10,14H2,1H3. The Labute approximate surface area is 101 Å². The second-order valence-corrected chi connectivity index (χ2v) is 5.39. The molecule has 0 saturated carbocycles. The maximum Gasteiger partial charge on any atom is 0.0555 e. The van der Waals surface area contributed by atoms with Crippen LogP contribution in [0.5, 0.6) is 0 Å². The lowest BCUT2D eigenvalue weighted by atomic mass is 10.2. The van der Waals surface area contributed by atoms with E-state index in [4.69, 9.17) is 5.73 Å². The molecular formula is C13H18N2S. The minimum atomic E-state index is 0.441. The van der Waals surface area contributed by atoms with Crippen LogP contribution >= 0.6 is 11.3 Å². The van der Waals surface area contributed by atoms with E-state index >= 15 is 0 Å². The van der Waals surface area contributed by atoms with Crippen molar-refractivity contribution in [3.05, 3.63) is 21.9 Å². The summed E-state index contributed by atoms with van der Waals surface area (Å²) in [5, 5.41) is 2.12. The largest absolute Gasteiger partial charge is 0.320 e. The molecule has 3 heteroatoms. The Morgan fingerprint density at radius 3 is 3.19 bits per heavy atom. The lowest BCUT2D eigenvalue weighted by Crippen LogP contribution is -2.19. The van der Waals surface area contributed by atoms with Crippen molar-refractivity contribution in [3.8, 4) is 11.8 Å². The molecule has 0 amide bonds. The van der Waals surface area contributed by atoms with E-state index in [-0.39, 0.29) is 0 Å². The van der Waals surface area contributed by atoms with E-state index in [9.17, 15) is 0 Å². The molecule has 0 aromatic carbocycles. The van der Waals surface area contributed by atoms with Crippen LogP contribution in [0.3, 0.4) is 0 Å². The summed E-state index contributed by atoms with van der Waals surface area (Å²) in [6, 6.07) is 2.10. The van der Waals surface area contributed by atoms with E-state index in [1.165, 1.54) is 24.4 Å². The first kappa shape index (κ1) is 11.7. The third-order valence-electron chi connectivity index (χ3n) is 2.95. The maximum atomic E-state index is 5.40. The second kappa shape index (κ2) is 5.49. The molecular weight excluding hydrogens is 216 g/mol. The minimum Gasteiger partial charge on any atom is -0.320 e. The molecule has 1 saturated heterocycles. The van der Waals surface area contributed by atoms with Crippen molar-refractivity contribution in [1.82, 2.24) is 4.90 Å². The van der Waals surface area contributed by atoms with Crippen LogP contribution in [0.25, 0.3) is 0 Å². The van der Waals surface area contributed by atoms with E-state index in [2.05, 4.69) is 35.1 Å². The normalized spacial score (nSPS) is 20.8. The molecule has 1 unspecified atom stereocenters. The van der Waals surface area contributed by atoms with Gasteiger partial charge in [-0.3, -0.25) is 4.90 Å². The SMILES string of the molecule is CC1CCN(Cc2sccc2C#CCN)C1. The number of likely N-dealkylation sites (tertiary alicyclic amines) is 1. The van der Waals surface area contributed by atoms with Crippen LogP contribution in [0.15, 0.2) is 11.4 Å². The molecule has 0 aliphatic carbocycles. The van der Waals surface area contributed by atoms with Gasteiger partial charge in [-0.15, -0.1) is 11.3 Å². The Hall–Kier alpha value is -0.820. The molecule has 0 spiro atoms. The van der Waals surface area contributed by atoms with Gasteiger partial charge in [0.2, 0.25) is 0 Å². The molecule has 1 fully saturated rings. The molecule has 1 aromatic heterocycles. The number of hydrogen-bond donors (Lipinski definition) is 1. The van der Waals surface area contributed by atoms with Crippen molar-refractivity contribution >= 4 is 11.3 Å². The highest BCUT2D eigenvalue weighted by Gasteiger charge is 2.19. The zero-order valence-corrected chi connectivity index (χ0v) is 10.5. The van der Waals surface area contributed by atoms with E-state index in [1.54, 1.807) is 11.3 Å². The van der Waals surface area contributed by atoms with Crippen molar-refractivity contribution in [2.75, 3.05) is 19.6 Å². The highest BCUT2D eigenvalue weighted by Crippen LogP contribution is 2.22. The van der Waals surface area contributed by atoms with Gasteiger partial charge >= 0.3 is 0 Å². The van der Waals surface area contributed by atoms with Crippen LogP contribution in [0, 0.1) is 17.8 Å². The molecule has 0 bridgehead atoms. The van der Waals surface area contributed by atoms with Crippen LogP contribution < -0.4 is 5.73 Å². The third-order valence-corrected chi connectivity index (χ3v) is 3.85. The van der Waals surface area contributed by atoms with Gasteiger partial charge in [0.25, 0.3) is 0 Å². The molecule has 86 valence electrons. The number of nitrogens with zero attached hydrogens (tertiary/aromatic N) is 1. The number of rotatable bonds is 2. The van der Waals surface area contributed by atoms with Crippen LogP contribution in [-0.2, 0) is 6.54 Å². The number of hydrogen-bond acceptors (Lipinski definition) is 3. The summed E-state index contributed by atoms with van der Waals surface area (Å²) in [5.74, 6) is 6.92. The average molecular weight is 234 g/mol. The predicted molar refractivity (Wildman–Crippen MR) is 69.3 cm³/mol. The van der Waals surface area contributed by atoms with Crippen LogP contribution in [0.1, 0.15) is 23.8 Å². The summed E-state index contributed by atoms with van der Waals surface area (Å²) in [4.78, 5) is 3.90.